The van der Waals surface area contributed by atoms with Crippen LogP contribution in [0.25, 0.3) is 11.1 Å². The van der Waals surface area contributed by atoms with Crippen LogP contribution in [0, 0.1) is 0 Å². The molecule has 9 nitrogen and oxygen atoms in total. The molecule has 34 heavy (non-hydrogen) atoms. The van der Waals surface area contributed by atoms with E-state index in [2.05, 4.69) is 23.5 Å². The van der Waals surface area contributed by atoms with E-state index in [1.165, 1.54) is 22.8 Å². The highest BCUT2D eigenvalue weighted by Gasteiger charge is 2.25. The summed E-state index contributed by atoms with van der Waals surface area (Å²) in [6.45, 7) is 7.16. The van der Waals surface area contributed by atoms with E-state index in [1.807, 2.05) is 30.3 Å². The van der Waals surface area contributed by atoms with Crippen LogP contribution in [-0.2, 0) is 27.9 Å². The Bertz CT molecular complexity index is 1310. The van der Waals surface area contributed by atoms with Crippen molar-refractivity contribution < 1.29 is 17.6 Å². The summed E-state index contributed by atoms with van der Waals surface area (Å²) >= 11 is 0. The first kappa shape index (κ1) is 24.2. The molecule has 1 aliphatic heterocycles. The Morgan fingerprint density at radius 3 is 2.47 bits per heavy atom. The van der Waals surface area contributed by atoms with Gasteiger partial charge in [-0.1, -0.05) is 37.3 Å². The van der Waals surface area contributed by atoms with E-state index in [4.69, 9.17) is 4.42 Å². The number of nitrogens with one attached hydrogen (secondary N) is 1. The van der Waals surface area contributed by atoms with E-state index < -0.39 is 15.8 Å². The van der Waals surface area contributed by atoms with Crippen molar-refractivity contribution in [3.63, 3.8) is 0 Å². The topological polar surface area (TPSA) is 105 Å². The molecule has 2 heterocycles. The maximum atomic E-state index is 12.9. The van der Waals surface area contributed by atoms with Crippen molar-refractivity contribution in [2.45, 2.75) is 44.3 Å². The predicted octanol–water partition coefficient (Wildman–Crippen LogP) is 2.02. The number of hydrogen-bond donors (Lipinski definition) is 1. The van der Waals surface area contributed by atoms with Crippen molar-refractivity contribution in [1.82, 2.24) is 19.1 Å². The fraction of sp³-hybridized carbons (Fsp3) is 0.417. The second-order valence-corrected chi connectivity index (χ2v) is 10.3. The average molecular weight is 487 g/mol. The average Bonchev–Trinajstić information content (AvgIpc) is 3.17. The van der Waals surface area contributed by atoms with Gasteiger partial charge in [-0.2, -0.15) is 0 Å². The lowest BCUT2D eigenvalue weighted by atomic mass is 10.2. The minimum absolute atomic E-state index is 0.00989. The fourth-order valence-corrected chi connectivity index (χ4v) is 5.16. The molecule has 0 radical (unpaired) electrons. The Kier molecular flexibility index (Phi) is 7.20. The van der Waals surface area contributed by atoms with Gasteiger partial charge in [0.1, 0.15) is 6.54 Å². The molecule has 1 amide bonds. The van der Waals surface area contributed by atoms with Crippen molar-refractivity contribution in [3.8, 4) is 0 Å². The lowest BCUT2D eigenvalue weighted by Crippen LogP contribution is -2.52. The summed E-state index contributed by atoms with van der Waals surface area (Å²) in [5, 5.41) is 0. The molecule has 1 aromatic heterocycles. The predicted molar refractivity (Wildman–Crippen MR) is 129 cm³/mol. The van der Waals surface area contributed by atoms with Crippen LogP contribution in [0.5, 0.6) is 0 Å². The van der Waals surface area contributed by atoms with E-state index in [0.29, 0.717) is 24.6 Å². The lowest BCUT2D eigenvalue weighted by molar-refractivity contribution is -0.133. The van der Waals surface area contributed by atoms with Gasteiger partial charge in [-0.3, -0.25) is 14.3 Å². The quantitative estimate of drug-likeness (QED) is 0.522. The molecule has 0 saturated carbocycles. The van der Waals surface area contributed by atoms with E-state index in [0.717, 1.165) is 25.1 Å². The third-order valence-electron chi connectivity index (χ3n) is 6.43. The van der Waals surface area contributed by atoms with Gasteiger partial charge in [0, 0.05) is 44.8 Å². The smallest absolute Gasteiger partial charge is 0.408 e. The van der Waals surface area contributed by atoms with Gasteiger partial charge >= 0.3 is 5.76 Å². The number of nitrogens with zero attached hydrogens (tertiary/aromatic N) is 3. The SMILES string of the molecule is CC[C@H](C)N1CCN(C(=O)Cn2c(=O)oc3cc(S(=O)(=O)NCc4ccccc4)ccc32)CC1. The Balaban J connectivity index is 1.46. The van der Waals surface area contributed by atoms with Crippen LogP contribution < -0.4 is 10.5 Å². The summed E-state index contributed by atoms with van der Waals surface area (Å²) in [4.78, 5) is 29.4. The summed E-state index contributed by atoms with van der Waals surface area (Å²) in [6, 6.07) is 13.9. The number of carbonyl (C=O) groups is 1. The maximum absolute atomic E-state index is 12.9. The van der Waals surface area contributed by atoms with E-state index >= 15 is 0 Å². The summed E-state index contributed by atoms with van der Waals surface area (Å²) in [7, 11) is -3.81. The molecule has 1 saturated heterocycles. The van der Waals surface area contributed by atoms with E-state index in [1.54, 1.807) is 4.90 Å². The zero-order valence-electron chi connectivity index (χ0n) is 19.4. The summed E-state index contributed by atoms with van der Waals surface area (Å²) < 4.78 is 34.5. The van der Waals surface area contributed by atoms with Gasteiger partial charge in [0.05, 0.1) is 10.4 Å². The Hall–Kier alpha value is -2.95. The van der Waals surface area contributed by atoms with Gasteiger partial charge in [-0.05, 0) is 31.0 Å². The maximum Gasteiger partial charge on any atom is 0.420 e. The van der Waals surface area contributed by atoms with Crippen molar-refractivity contribution >= 4 is 27.0 Å². The summed E-state index contributed by atoms with van der Waals surface area (Å²) in [5.74, 6) is -0.844. The molecule has 1 N–H and O–H groups in total. The molecular formula is C24H30N4O5S. The van der Waals surface area contributed by atoms with Gasteiger partial charge < -0.3 is 9.32 Å². The minimum atomic E-state index is -3.81. The zero-order chi connectivity index (χ0) is 24.3. The molecule has 182 valence electrons. The summed E-state index contributed by atoms with van der Waals surface area (Å²) in [5.41, 5.74) is 1.34. The number of oxazole rings is 1. The number of sulfonamides is 1. The monoisotopic (exact) mass is 486 g/mol. The van der Waals surface area contributed by atoms with Crippen molar-refractivity contribution in [2.24, 2.45) is 0 Å². The number of benzene rings is 2. The first-order valence-electron chi connectivity index (χ1n) is 11.5. The van der Waals surface area contributed by atoms with Crippen LogP contribution in [0.15, 0.2) is 62.6 Å². The van der Waals surface area contributed by atoms with Crippen molar-refractivity contribution in [2.75, 3.05) is 26.2 Å². The highest BCUT2D eigenvalue weighted by molar-refractivity contribution is 7.89. The van der Waals surface area contributed by atoms with Crippen molar-refractivity contribution in [3.05, 3.63) is 64.6 Å². The van der Waals surface area contributed by atoms with Gasteiger partial charge in [-0.25, -0.2) is 17.9 Å². The van der Waals surface area contributed by atoms with Crippen LogP contribution >= 0.6 is 0 Å². The molecule has 10 heteroatoms. The number of fused-ring (bicyclic) bond motifs is 1. The Labute approximate surface area is 199 Å². The summed E-state index contributed by atoms with van der Waals surface area (Å²) in [6.07, 6.45) is 1.06. The molecule has 2 aromatic carbocycles. The van der Waals surface area contributed by atoms with Gasteiger partial charge in [-0.15, -0.1) is 0 Å². The zero-order valence-corrected chi connectivity index (χ0v) is 20.3. The number of rotatable bonds is 8. The number of piperazine rings is 1. The third-order valence-corrected chi connectivity index (χ3v) is 7.83. The molecule has 0 bridgehead atoms. The number of aromatic nitrogens is 1. The second kappa shape index (κ2) is 10.1. The third kappa shape index (κ3) is 5.24. The molecule has 3 aromatic rings. The number of carbonyl (C=O) groups excluding carboxylic acids is 1. The lowest BCUT2D eigenvalue weighted by Gasteiger charge is -2.37. The second-order valence-electron chi connectivity index (χ2n) is 8.57. The highest BCUT2D eigenvalue weighted by Crippen LogP contribution is 2.19. The Morgan fingerprint density at radius 2 is 1.79 bits per heavy atom. The van der Waals surface area contributed by atoms with Gasteiger partial charge in [0.25, 0.3) is 0 Å². The first-order chi connectivity index (χ1) is 16.3. The molecule has 4 rings (SSSR count). The molecule has 0 unspecified atom stereocenters. The van der Waals surface area contributed by atoms with Gasteiger partial charge in [0.2, 0.25) is 15.9 Å². The molecule has 1 fully saturated rings. The number of amides is 1. The molecule has 0 aliphatic carbocycles. The number of hydrogen-bond acceptors (Lipinski definition) is 6. The molecular weight excluding hydrogens is 456 g/mol. The van der Waals surface area contributed by atoms with Crippen molar-refractivity contribution in [1.29, 1.82) is 0 Å². The van der Waals surface area contributed by atoms with Crippen LogP contribution in [0.4, 0.5) is 0 Å². The first-order valence-corrected chi connectivity index (χ1v) is 13.0. The van der Waals surface area contributed by atoms with E-state index in [-0.39, 0.29) is 29.5 Å². The Morgan fingerprint density at radius 1 is 1.09 bits per heavy atom. The molecule has 1 aliphatic rings. The standard InChI is InChI=1S/C24H30N4O5S/c1-3-18(2)26-11-13-27(14-12-26)23(29)17-28-21-10-9-20(15-22(21)33-24(28)30)34(31,32)25-16-19-7-5-4-6-8-19/h4-10,15,18,25H,3,11-14,16-17H2,1-2H3/t18-/m0/s1. The van der Waals surface area contributed by atoms with Crippen LogP contribution in [0.3, 0.4) is 0 Å². The fourth-order valence-electron chi connectivity index (χ4n) is 4.13. The van der Waals surface area contributed by atoms with Crippen LogP contribution in [0.2, 0.25) is 0 Å². The van der Waals surface area contributed by atoms with Crippen LogP contribution in [0.1, 0.15) is 25.8 Å². The van der Waals surface area contributed by atoms with E-state index in [9.17, 15) is 18.0 Å². The molecule has 0 spiro atoms. The molecule has 1 atom stereocenters. The minimum Gasteiger partial charge on any atom is -0.408 e. The van der Waals surface area contributed by atoms with Crippen LogP contribution in [-0.4, -0.2) is 60.9 Å². The van der Waals surface area contributed by atoms with Gasteiger partial charge in [0.15, 0.2) is 5.58 Å². The highest BCUT2D eigenvalue weighted by atomic mass is 32.2. The normalized spacial score (nSPS) is 16.1. The largest absolute Gasteiger partial charge is 0.420 e.